The van der Waals surface area contributed by atoms with Gasteiger partial charge in [0.2, 0.25) is 0 Å². The fourth-order valence-corrected chi connectivity index (χ4v) is 1.80. The zero-order chi connectivity index (χ0) is 14.4. The van der Waals surface area contributed by atoms with E-state index < -0.39 is 5.97 Å². The molecular formula is C17H18O3. The first kappa shape index (κ1) is 14.3. The van der Waals surface area contributed by atoms with Gasteiger partial charge in [0.05, 0.1) is 12.2 Å². The number of hydrogen-bond acceptors (Lipinski definition) is 3. The molecule has 0 aromatic heterocycles. The Balaban J connectivity index is 2.18. The molecule has 0 saturated heterocycles. The van der Waals surface area contributed by atoms with E-state index in [0.29, 0.717) is 18.1 Å². The lowest BCUT2D eigenvalue weighted by Crippen LogP contribution is -2.10. The SMILES string of the molecule is CC(C)COOC(=O)c1ccccc1-c1ccccc1. The van der Waals surface area contributed by atoms with Crippen molar-refractivity contribution in [3.63, 3.8) is 0 Å². The minimum absolute atomic E-state index is 0.312. The van der Waals surface area contributed by atoms with Crippen LogP contribution in [0.2, 0.25) is 0 Å². The molecule has 0 amide bonds. The summed E-state index contributed by atoms with van der Waals surface area (Å²) in [5.41, 5.74) is 2.32. The van der Waals surface area contributed by atoms with Crippen molar-refractivity contribution in [1.82, 2.24) is 0 Å². The highest BCUT2D eigenvalue weighted by Gasteiger charge is 2.14. The monoisotopic (exact) mass is 270 g/mol. The average Bonchev–Trinajstić information content (AvgIpc) is 2.47. The van der Waals surface area contributed by atoms with Gasteiger partial charge in [-0.05, 0) is 23.1 Å². The summed E-state index contributed by atoms with van der Waals surface area (Å²) in [6.07, 6.45) is 0. The van der Waals surface area contributed by atoms with E-state index in [1.807, 2.05) is 62.4 Å². The third-order valence-corrected chi connectivity index (χ3v) is 2.77. The van der Waals surface area contributed by atoms with Gasteiger partial charge in [-0.3, -0.25) is 4.89 Å². The van der Waals surface area contributed by atoms with Crippen LogP contribution in [0.5, 0.6) is 0 Å². The van der Waals surface area contributed by atoms with E-state index in [1.54, 1.807) is 6.07 Å². The normalized spacial score (nSPS) is 10.6. The number of carbonyl (C=O) groups is 1. The van der Waals surface area contributed by atoms with Crippen LogP contribution in [0.4, 0.5) is 0 Å². The molecule has 0 atom stereocenters. The fourth-order valence-electron chi connectivity index (χ4n) is 1.80. The van der Waals surface area contributed by atoms with Crippen LogP contribution in [0.3, 0.4) is 0 Å². The lowest BCUT2D eigenvalue weighted by Gasteiger charge is -2.09. The lowest BCUT2D eigenvalue weighted by molar-refractivity contribution is -0.246. The van der Waals surface area contributed by atoms with Gasteiger partial charge in [-0.15, -0.1) is 0 Å². The predicted octanol–water partition coefficient (Wildman–Crippen LogP) is 4.10. The highest BCUT2D eigenvalue weighted by Crippen LogP contribution is 2.24. The second-order valence-electron chi connectivity index (χ2n) is 4.96. The molecule has 0 saturated carbocycles. The second-order valence-corrected chi connectivity index (χ2v) is 4.96. The Morgan fingerprint density at radius 3 is 2.35 bits per heavy atom. The molecule has 0 unspecified atom stereocenters. The molecule has 20 heavy (non-hydrogen) atoms. The molecule has 0 heterocycles. The van der Waals surface area contributed by atoms with Gasteiger partial charge in [0.25, 0.3) is 0 Å². The van der Waals surface area contributed by atoms with E-state index in [2.05, 4.69) is 0 Å². The van der Waals surface area contributed by atoms with E-state index >= 15 is 0 Å². The van der Waals surface area contributed by atoms with Gasteiger partial charge in [-0.2, -0.15) is 4.89 Å². The molecule has 0 aliphatic carbocycles. The number of benzene rings is 2. The number of rotatable bonds is 5. The summed E-state index contributed by atoms with van der Waals surface area (Å²) in [5, 5.41) is 0. The largest absolute Gasteiger partial charge is 0.373 e. The van der Waals surface area contributed by atoms with Gasteiger partial charge in [-0.1, -0.05) is 62.4 Å². The molecule has 3 nitrogen and oxygen atoms in total. The summed E-state index contributed by atoms with van der Waals surface area (Å²) in [4.78, 5) is 21.9. The van der Waals surface area contributed by atoms with Gasteiger partial charge >= 0.3 is 5.97 Å². The van der Waals surface area contributed by atoms with Gasteiger partial charge < -0.3 is 0 Å². The minimum atomic E-state index is -0.467. The molecular weight excluding hydrogens is 252 g/mol. The zero-order valence-corrected chi connectivity index (χ0v) is 11.7. The van der Waals surface area contributed by atoms with Crippen molar-refractivity contribution in [3.05, 3.63) is 60.2 Å². The molecule has 0 N–H and O–H groups in total. The predicted molar refractivity (Wildman–Crippen MR) is 78.1 cm³/mol. The number of carbonyl (C=O) groups excluding carboxylic acids is 1. The van der Waals surface area contributed by atoms with Crippen molar-refractivity contribution < 1.29 is 14.6 Å². The van der Waals surface area contributed by atoms with Gasteiger partial charge in [0.1, 0.15) is 0 Å². The Labute approximate surface area is 119 Å². The third kappa shape index (κ3) is 3.68. The minimum Gasteiger partial charge on any atom is -0.293 e. The maximum atomic E-state index is 12.1. The Morgan fingerprint density at radius 1 is 1.00 bits per heavy atom. The first-order valence-electron chi connectivity index (χ1n) is 6.66. The first-order chi connectivity index (χ1) is 9.68. The molecule has 2 rings (SSSR count). The van der Waals surface area contributed by atoms with Crippen molar-refractivity contribution in [3.8, 4) is 11.1 Å². The third-order valence-electron chi connectivity index (χ3n) is 2.77. The highest BCUT2D eigenvalue weighted by molar-refractivity contribution is 5.96. The summed E-state index contributed by atoms with van der Waals surface area (Å²) in [6.45, 7) is 4.37. The van der Waals surface area contributed by atoms with Crippen LogP contribution in [0.25, 0.3) is 11.1 Å². The van der Waals surface area contributed by atoms with Crippen LogP contribution in [0.1, 0.15) is 24.2 Å². The Bertz CT molecular complexity index is 561. The second kappa shape index (κ2) is 6.87. The van der Waals surface area contributed by atoms with Gasteiger partial charge in [-0.25, -0.2) is 4.79 Å². The van der Waals surface area contributed by atoms with Crippen LogP contribution < -0.4 is 0 Å². The summed E-state index contributed by atoms with van der Waals surface area (Å²) in [6, 6.07) is 17.1. The van der Waals surface area contributed by atoms with Crippen LogP contribution in [-0.4, -0.2) is 12.6 Å². The summed E-state index contributed by atoms with van der Waals surface area (Å²) >= 11 is 0. The molecule has 3 heteroatoms. The van der Waals surface area contributed by atoms with Crippen LogP contribution in [0.15, 0.2) is 54.6 Å². The van der Waals surface area contributed by atoms with Crippen molar-refractivity contribution in [2.24, 2.45) is 5.92 Å². The molecule has 104 valence electrons. The lowest BCUT2D eigenvalue weighted by atomic mass is 10.00. The maximum absolute atomic E-state index is 12.1. The van der Waals surface area contributed by atoms with Crippen LogP contribution >= 0.6 is 0 Å². The number of hydrogen-bond donors (Lipinski definition) is 0. The topological polar surface area (TPSA) is 35.5 Å². The molecule has 2 aromatic carbocycles. The fraction of sp³-hybridized carbons (Fsp3) is 0.235. The van der Waals surface area contributed by atoms with E-state index in [1.165, 1.54) is 0 Å². The quantitative estimate of drug-likeness (QED) is 0.606. The van der Waals surface area contributed by atoms with Crippen LogP contribution in [0, 0.1) is 5.92 Å². The van der Waals surface area contributed by atoms with E-state index in [-0.39, 0.29) is 0 Å². The van der Waals surface area contributed by atoms with E-state index in [9.17, 15) is 4.79 Å². The van der Waals surface area contributed by atoms with Crippen molar-refractivity contribution >= 4 is 5.97 Å². The Kier molecular flexibility index (Phi) is 4.91. The van der Waals surface area contributed by atoms with E-state index in [0.717, 1.165) is 11.1 Å². The molecule has 0 fully saturated rings. The molecule has 0 bridgehead atoms. The highest BCUT2D eigenvalue weighted by atomic mass is 17.2. The van der Waals surface area contributed by atoms with Crippen molar-refractivity contribution in [2.75, 3.05) is 6.61 Å². The van der Waals surface area contributed by atoms with Gasteiger partial charge in [0, 0.05) is 0 Å². The summed E-state index contributed by atoms with van der Waals surface area (Å²) in [5.74, 6) is -0.155. The molecule has 0 spiro atoms. The molecule has 0 aliphatic heterocycles. The Morgan fingerprint density at radius 2 is 1.65 bits per heavy atom. The smallest absolute Gasteiger partial charge is 0.293 e. The summed E-state index contributed by atoms with van der Waals surface area (Å²) < 4.78 is 0. The van der Waals surface area contributed by atoms with Gasteiger partial charge in [0.15, 0.2) is 0 Å². The maximum Gasteiger partial charge on any atom is 0.373 e. The molecule has 2 aromatic rings. The average molecular weight is 270 g/mol. The zero-order valence-electron chi connectivity index (χ0n) is 11.7. The van der Waals surface area contributed by atoms with Crippen molar-refractivity contribution in [2.45, 2.75) is 13.8 Å². The Hall–Kier alpha value is -2.13. The first-order valence-corrected chi connectivity index (χ1v) is 6.66. The molecule has 0 aliphatic rings. The van der Waals surface area contributed by atoms with Crippen LogP contribution in [-0.2, 0) is 9.78 Å². The van der Waals surface area contributed by atoms with E-state index in [4.69, 9.17) is 9.78 Å². The summed E-state index contributed by atoms with van der Waals surface area (Å²) in [7, 11) is 0. The molecule has 0 radical (unpaired) electrons. The van der Waals surface area contributed by atoms with Crippen molar-refractivity contribution in [1.29, 1.82) is 0 Å². The standard InChI is InChI=1S/C17H18O3/c1-13(2)12-19-20-17(18)16-11-7-6-10-15(16)14-8-4-3-5-9-14/h3-11,13H,12H2,1-2H3.